The summed E-state index contributed by atoms with van der Waals surface area (Å²) in [7, 11) is 1.64. The molecule has 0 aliphatic heterocycles. The second kappa shape index (κ2) is 6.06. The van der Waals surface area contributed by atoms with E-state index in [1.807, 2.05) is 24.3 Å². The highest BCUT2D eigenvalue weighted by atomic mass is 79.9. The SMILES string of the molecule is COc1ccc(Br)c(CNc2cccc(F)c2C)c1. The Labute approximate surface area is 120 Å². The molecule has 100 valence electrons. The predicted molar refractivity (Wildman–Crippen MR) is 79.2 cm³/mol. The average molecular weight is 324 g/mol. The molecule has 0 atom stereocenters. The zero-order valence-electron chi connectivity index (χ0n) is 10.8. The third kappa shape index (κ3) is 3.26. The van der Waals surface area contributed by atoms with E-state index in [9.17, 15) is 4.39 Å². The molecule has 0 spiro atoms. The minimum Gasteiger partial charge on any atom is -0.497 e. The molecule has 2 aromatic carbocycles. The lowest BCUT2D eigenvalue weighted by molar-refractivity contribution is 0.414. The Morgan fingerprint density at radius 2 is 2.05 bits per heavy atom. The molecule has 2 aromatic rings. The largest absolute Gasteiger partial charge is 0.497 e. The average Bonchev–Trinajstić information content (AvgIpc) is 2.42. The van der Waals surface area contributed by atoms with Gasteiger partial charge in [0.15, 0.2) is 0 Å². The number of hydrogen-bond acceptors (Lipinski definition) is 2. The lowest BCUT2D eigenvalue weighted by Gasteiger charge is -2.12. The van der Waals surface area contributed by atoms with Crippen LogP contribution in [0.15, 0.2) is 40.9 Å². The maximum atomic E-state index is 13.4. The first-order valence-corrected chi connectivity index (χ1v) is 6.72. The Balaban J connectivity index is 2.16. The van der Waals surface area contributed by atoms with E-state index < -0.39 is 0 Å². The number of anilines is 1. The minimum atomic E-state index is -0.199. The number of methoxy groups -OCH3 is 1. The Morgan fingerprint density at radius 1 is 1.26 bits per heavy atom. The van der Waals surface area contributed by atoms with Gasteiger partial charge in [-0.05, 0) is 42.8 Å². The second-order valence-electron chi connectivity index (χ2n) is 4.22. The van der Waals surface area contributed by atoms with Gasteiger partial charge in [-0.2, -0.15) is 0 Å². The highest BCUT2D eigenvalue weighted by Gasteiger charge is 2.05. The molecule has 0 radical (unpaired) electrons. The standard InChI is InChI=1S/C15H15BrFNO/c1-10-14(17)4-3-5-15(10)18-9-11-8-12(19-2)6-7-13(11)16/h3-8,18H,9H2,1-2H3. The molecule has 2 rings (SSSR count). The van der Waals surface area contributed by atoms with Crippen LogP contribution in [-0.2, 0) is 6.54 Å². The van der Waals surface area contributed by atoms with Crippen molar-refractivity contribution < 1.29 is 9.13 Å². The number of benzene rings is 2. The summed E-state index contributed by atoms with van der Waals surface area (Å²) in [6.07, 6.45) is 0. The summed E-state index contributed by atoms with van der Waals surface area (Å²) in [6.45, 7) is 2.36. The molecule has 0 unspecified atom stereocenters. The van der Waals surface area contributed by atoms with Gasteiger partial charge in [0.2, 0.25) is 0 Å². The van der Waals surface area contributed by atoms with Crippen LogP contribution < -0.4 is 10.1 Å². The normalized spacial score (nSPS) is 10.3. The highest BCUT2D eigenvalue weighted by molar-refractivity contribution is 9.10. The van der Waals surface area contributed by atoms with E-state index in [4.69, 9.17) is 4.74 Å². The van der Waals surface area contributed by atoms with Crippen LogP contribution >= 0.6 is 15.9 Å². The summed E-state index contributed by atoms with van der Waals surface area (Å²) < 4.78 is 19.6. The van der Waals surface area contributed by atoms with Crippen LogP contribution in [0.3, 0.4) is 0 Å². The second-order valence-corrected chi connectivity index (χ2v) is 5.08. The molecular weight excluding hydrogens is 309 g/mol. The molecule has 0 heterocycles. The molecule has 2 nitrogen and oxygen atoms in total. The Kier molecular flexibility index (Phi) is 4.43. The van der Waals surface area contributed by atoms with E-state index in [1.165, 1.54) is 6.07 Å². The molecule has 0 aromatic heterocycles. The maximum Gasteiger partial charge on any atom is 0.128 e. The van der Waals surface area contributed by atoms with Crippen LogP contribution in [0.2, 0.25) is 0 Å². The van der Waals surface area contributed by atoms with Crippen molar-refractivity contribution in [2.24, 2.45) is 0 Å². The zero-order valence-corrected chi connectivity index (χ0v) is 12.4. The summed E-state index contributed by atoms with van der Waals surface area (Å²) in [5.74, 6) is 0.602. The highest BCUT2D eigenvalue weighted by Crippen LogP contribution is 2.24. The van der Waals surface area contributed by atoms with Crippen LogP contribution in [0.25, 0.3) is 0 Å². The van der Waals surface area contributed by atoms with Crippen molar-refractivity contribution in [3.05, 3.63) is 57.8 Å². The number of nitrogens with one attached hydrogen (secondary N) is 1. The lowest BCUT2D eigenvalue weighted by atomic mass is 10.1. The van der Waals surface area contributed by atoms with Crippen LogP contribution in [-0.4, -0.2) is 7.11 Å². The molecule has 0 aliphatic carbocycles. The summed E-state index contributed by atoms with van der Waals surface area (Å²) in [4.78, 5) is 0. The van der Waals surface area contributed by atoms with Crippen molar-refractivity contribution in [1.29, 1.82) is 0 Å². The molecule has 0 saturated carbocycles. The van der Waals surface area contributed by atoms with E-state index >= 15 is 0 Å². The monoisotopic (exact) mass is 323 g/mol. The number of rotatable bonds is 4. The van der Waals surface area contributed by atoms with Gasteiger partial charge in [0.05, 0.1) is 7.11 Å². The molecule has 0 saturated heterocycles. The van der Waals surface area contributed by atoms with Crippen molar-refractivity contribution >= 4 is 21.6 Å². The van der Waals surface area contributed by atoms with Gasteiger partial charge < -0.3 is 10.1 Å². The van der Waals surface area contributed by atoms with Crippen molar-refractivity contribution in [2.45, 2.75) is 13.5 Å². The van der Waals surface area contributed by atoms with Crippen molar-refractivity contribution in [3.8, 4) is 5.75 Å². The van der Waals surface area contributed by atoms with E-state index in [0.717, 1.165) is 21.5 Å². The summed E-state index contributed by atoms with van der Waals surface area (Å²) in [6, 6.07) is 10.8. The Bertz CT molecular complexity index is 586. The van der Waals surface area contributed by atoms with Crippen LogP contribution in [0.1, 0.15) is 11.1 Å². The summed E-state index contributed by atoms with van der Waals surface area (Å²) in [5.41, 5.74) is 2.49. The fourth-order valence-electron chi connectivity index (χ4n) is 1.80. The van der Waals surface area contributed by atoms with Gasteiger partial charge >= 0.3 is 0 Å². The van der Waals surface area contributed by atoms with Gasteiger partial charge in [-0.1, -0.05) is 22.0 Å². The van der Waals surface area contributed by atoms with Gasteiger partial charge in [-0.25, -0.2) is 4.39 Å². The Morgan fingerprint density at radius 3 is 2.79 bits per heavy atom. The summed E-state index contributed by atoms with van der Waals surface area (Å²) in [5, 5.41) is 3.24. The van der Waals surface area contributed by atoms with Gasteiger partial charge in [-0.3, -0.25) is 0 Å². The first-order chi connectivity index (χ1) is 9.11. The molecule has 0 fully saturated rings. The third-order valence-electron chi connectivity index (χ3n) is 2.99. The quantitative estimate of drug-likeness (QED) is 0.893. The van der Waals surface area contributed by atoms with Gasteiger partial charge in [-0.15, -0.1) is 0 Å². The van der Waals surface area contributed by atoms with Gasteiger partial charge in [0.25, 0.3) is 0 Å². The fourth-order valence-corrected chi connectivity index (χ4v) is 2.19. The molecule has 4 heteroatoms. The number of hydrogen-bond donors (Lipinski definition) is 1. The number of ether oxygens (including phenoxy) is 1. The van der Waals surface area contributed by atoms with Crippen LogP contribution in [0.4, 0.5) is 10.1 Å². The Hall–Kier alpha value is -1.55. The molecule has 0 bridgehead atoms. The van der Waals surface area contributed by atoms with E-state index in [0.29, 0.717) is 12.1 Å². The van der Waals surface area contributed by atoms with E-state index in [-0.39, 0.29) is 5.82 Å². The van der Waals surface area contributed by atoms with E-state index in [1.54, 1.807) is 20.1 Å². The van der Waals surface area contributed by atoms with Crippen LogP contribution in [0.5, 0.6) is 5.75 Å². The minimum absolute atomic E-state index is 0.199. The van der Waals surface area contributed by atoms with Crippen molar-refractivity contribution in [3.63, 3.8) is 0 Å². The molecule has 0 aliphatic rings. The van der Waals surface area contributed by atoms with Gasteiger partial charge in [0, 0.05) is 22.3 Å². The fraction of sp³-hybridized carbons (Fsp3) is 0.200. The van der Waals surface area contributed by atoms with E-state index in [2.05, 4.69) is 21.2 Å². The first kappa shape index (κ1) is 13.9. The molecule has 1 N–H and O–H groups in total. The van der Waals surface area contributed by atoms with Crippen molar-refractivity contribution in [1.82, 2.24) is 0 Å². The molecular formula is C15H15BrFNO. The maximum absolute atomic E-state index is 13.4. The van der Waals surface area contributed by atoms with Crippen molar-refractivity contribution in [2.75, 3.05) is 12.4 Å². The zero-order chi connectivity index (χ0) is 13.8. The first-order valence-electron chi connectivity index (χ1n) is 5.93. The van der Waals surface area contributed by atoms with Gasteiger partial charge in [0.1, 0.15) is 11.6 Å². The smallest absolute Gasteiger partial charge is 0.128 e. The third-order valence-corrected chi connectivity index (χ3v) is 3.76. The van der Waals surface area contributed by atoms with Crippen LogP contribution in [0, 0.1) is 12.7 Å². The molecule has 0 amide bonds. The lowest BCUT2D eigenvalue weighted by Crippen LogP contribution is -2.03. The summed E-state index contributed by atoms with van der Waals surface area (Å²) >= 11 is 3.50. The molecule has 19 heavy (non-hydrogen) atoms. The predicted octanol–water partition coefficient (Wildman–Crippen LogP) is 4.52. The topological polar surface area (TPSA) is 21.3 Å². The number of halogens is 2.